The number of urea groups is 1. The van der Waals surface area contributed by atoms with Crippen LogP contribution in [0.4, 0.5) is 21.9 Å². The van der Waals surface area contributed by atoms with E-state index in [2.05, 4.69) is 16.0 Å². The van der Waals surface area contributed by atoms with Gasteiger partial charge in [-0.15, -0.1) is 0 Å². The summed E-state index contributed by atoms with van der Waals surface area (Å²) in [5, 5.41) is 16.7. The van der Waals surface area contributed by atoms with Gasteiger partial charge >= 0.3 is 6.03 Å². The van der Waals surface area contributed by atoms with Gasteiger partial charge < -0.3 is 20.7 Å². The summed E-state index contributed by atoms with van der Waals surface area (Å²) >= 11 is 0. The van der Waals surface area contributed by atoms with Crippen LogP contribution in [-0.4, -0.2) is 18.5 Å². The fourth-order valence-electron chi connectivity index (χ4n) is 2.60. The molecule has 0 saturated carbocycles. The number of rotatable bonds is 7. The van der Waals surface area contributed by atoms with Crippen molar-refractivity contribution in [3.63, 3.8) is 0 Å². The van der Waals surface area contributed by atoms with Crippen LogP contribution in [0.15, 0.2) is 84.9 Å². The molecule has 3 rings (SSSR count). The molecule has 0 atom stereocenters. The molecule has 0 aliphatic heterocycles. The summed E-state index contributed by atoms with van der Waals surface area (Å²) in [5.74, 6) is 0.307. The Bertz CT molecular complexity index is 1090. The van der Waals surface area contributed by atoms with Crippen molar-refractivity contribution >= 4 is 35.1 Å². The second-order valence-electron chi connectivity index (χ2n) is 6.36. The third-order valence-electron chi connectivity index (χ3n) is 4.05. The minimum Gasteiger partial charge on any atom is -0.479 e. The van der Waals surface area contributed by atoms with Gasteiger partial charge in [0.2, 0.25) is 5.91 Å². The average molecular weight is 412 g/mol. The number of hydrogen-bond donors (Lipinski definition) is 3. The number of hydrogen-bond acceptors (Lipinski definition) is 4. The Morgan fingerprint density at radius 2 is 1.39 bits per heavy atom. The number of nitrogens with one attached hydrogen (secondary N) is 3. The quantitative estimate of drug-likeness (QED) is 0.481. The van der Waals surface area contributed by atoms with Crippen LogP contribution in [0, 0.1) is 11.3 Å². The van der Waals surface area contributed by atoms with Crippen molar-refractivity contribution in [2.24, 2.45) is 0 Å². The topological polar surface area (TPSA) is 103 Å². The minimum atomic E-state index is -0.352. The second-order valence-corrected chi connectivity index (χ2v) is 6.36. The zero-order chi connectivity index (χ0) is 21.9. The molecule has 0 bridgehead atoms. The Morgan fingerprint density at radius 3 is 2.00 bits per heavy atom. The maximum absolute atomic E-state index is 12.1. The molecule has 3 aromatic rings. The zero-order valence-corrected chi connectivity index (χ0v) is 16.5. The van der Waals surface area contributed by atoms with E-state index >= 15 is 0 Å². The van der Waals surface area contributed by atoms with Crippen LogP contribution in [0.25, 0.3) is 6.08 Å². The highest BCUT2D eigenvalue weighted by Gasteiger charge is 2.03. The van der Waals surface area contributed by atoms with Gasteiger partial charge in [0.1, 0.15) is 11.8 Å². The summed E-state index contributed by atoms with van der Waals surface area (Å²) in [6.45, 7) is -0.0103. The van der Waals surface area contributed by atoms with Crippen molar-refractivity contribution in [3.8, 4) is 11.8 Å². The molecule has 3 amide bonds. The number of carbonyl (C=O) groups is 2. The smallest absolute Gasteiger partial charge is 0.323 e. The predicted molar refractivity (Wildman–Crippen MR) is 121 cm³/mol. The molecule has 0 aromatic heterocycles. The van der Waals surface area contributed by atoms with E-state index in [1.807, 2.05) is 24.3 Å². The van der Waals surface area contributed by atoms with Gasteiger partial charge in [-0.1, -0.05) is 30.3 Å². The highest BCUT2D eigenvalue weighted by Crippen LogP contribution is 2.16. The first-order valence-electron chi connectivity index (χ1n) is 9.44. The molecule has 3 aromatic carbocycles. The van der Waals surface area contributed by atoms with Gasteiger partial charge in [0.05, 0.1) is 0 Å². The van der Waals surface area contributed by atoms with Crippen molar-refractivity contribution < 1.29 is 14.3 Å². The lowest BCUT2D eigenvalue weighted by Crippen LogP contribution is -2.19. The van der Waals surface area contributed by atoms with Crippen LogP contribution >= 0.6 is 0 Å². The molecule has 0 heterocycles. The van der Waals surface area contributed by atoms with Gasteiger partial charge in [-0.3, -0.25) is 4.79 Å². The Labute approximate surface area is 180 Å². The second kappa shape index (κ2) is 10.8. The van der Waals surface area contributed by atoms with E-state index in [1.54, 1.807) is 66.7 Å². The first kappa shape index (κ1) is 21.1. The lowest BCUT2D eigenvalue weighted by atomic mass is 10.2. The molecule has 3 N–H and O–H groups in total. The number of anilines is 3. The lowest BCUT2D eigenvalue weighted by molar-refractivity contribution is -0.111. The number of para-hydroxylation sites is 1. The van der Waals surface area contributed by atoms with Gasteiger partial charge in [-0.2, -0.15) is 5.26 Å². The maximum Gasteiger partial charge on any atom is 0.323 e. The summed E-state index contributed by atoms with van der Waals surface area (Å²) in [4.78, 5) is 24.1. The SMILES string of the molecule is N#CCOc1ccc(/C=C/C(=O)Nc2ccc(NC(=O)Nc3ccccc3)cc2)cc1. The normalized spacial score (nSPS) is 10.2. The Morgan fingerprint density at radius 1 is 0.806 bits per heavy atom. The van der Waals surface area contributed by atoms with E-state index in [1.165, 1.54) is 6.08 Å². The van der Waals surface area contributed by atoms with Gasteiger partial charge in [0, 0.05) is 23.1 Å². The Hall–Kier alpha value is -4.57. The van der Waals surface area contributed by atoms with E-state index in [4.69, 9.17) is 10.00 Å². The van der Waals surface area contributed by atoms with Crippen LogP contribution < -0.4 is 20.7 Å². The number of carbonyl (C=O) groups excluding carboxylic acids is 2. The number of nitrogens with zero attached hydrogens (tertiary/aromatic N) is 1. The maximum atomic E-state index is 12.1. The van der Waals surface area contributed by atoms with Gasteiger partial charge in [0.25, 0.3) is 0 Å². The number of ether oxygens (including phenoxy) is 1. The summed E-state index contributed by atoms with van der Waals surface area (Å²) in [5.41, 5.74) is 2.72. The minimum absolute atomic E-state index is 0.0103. The molecule has 0 spiro atoms. The highest BCUT2D eigenvalue weighted by atomic mass is 16.5. The highest BCUT2D eigenvalue weighted by molar-refractivity contribution is 6.02. The van der Waals surface area contributed by atoms with Crippen LogP contribution in [0.5, 0.6) is 5.75 Å². The molecule has 0 fully saturated rings. The average Bonchev–Trinajstić information content (AvgIpc) is 2.79. The fourth-order valence-corrected chi connectivity index (χ4v) is 2.60. The molecule has 7 nitrogen and oxygen atoms in total. The van der Waals surface area contributed by atoms with Crippen molar-refractivity contribution in [1.29, 1.82) is 5.26 Å². The first-order chi connectivity index (χ1) is 15.1. The van der Waals surface area contributed by atoms with E-state index in [0.29, 0.717) is 22.8 Å². The third-order valence-corrected chi connectivity index (χ3v) is 4.05. The van der Waals surface area contributed by atoms with Crippen molar-refractivity contribution in [2.45, 2.75) is 0 Å². The molecule has 7 heteroatoms. The van der Waals surface area contributed by atoms with Crippen molar-refractivity contribution in [3.05, 3.63) is 90.5 Å². The van der Waals surface area contributed by atoms with Crippen LogP contribution in [0.3, 0.4) is 0 Å². The fraction of sp³-hybridized carbons (Fsp3) is 0.0417. The molecule has 0 radical (unpaired) electrons. The molecule has 154 valence electrons. The van der Waals surface area contributed by atoms with Crippen LogP contribution in [-0.2, 0) is 4.79 Å². The molecule has 0 aliphatic carbocycles. The number of benzene rings is 3. The van der Waals surface area contributed by atoms with E-state index in [-0.39, 0.29) is 18.5 Å². The van der Waals surface area contributed by atoms with Crippen molar-refractivity contribution in [2.75, 3.05) is 22.6 Å². The third kappa shape index (κ3) is 7.07. The van der Waals surface area contributed by atoms with Gasteiger partial charge in [0.15, 0.2) is 6.61 Å². The molecule has 0 saturated heterocycles. The number of nitriles is 1. The summed E-state index contributed by atoms with van der Waals surface area (Å²) in [7, 11) is 0. The molecule has 0 aliphatic rings. The molecular formula is C24H20N4O3. The van der Waals surface area contributed by atoms with Gasteiger partial charge in [-0.05, 0) is 60.2 Å². The summed E-state index contributed by atoms with van der Waals surface area (Å²) < 4.78 is 5.18. The first-order valence-corrected chi connectivity index (χ1v) is 9.44. The summed E-state index contributed by atoms with van der Waals surface area (Å²) in [6, 6.07) is 24.5. The van der Waals surface area contributed by atoms with E-state index in [0.717, 1.165) is 5.56 Å². The molecule has 31 heavy (non-hydrogen) atoms. The number of amides is 3. The summed E-state index contributed by atoms with van der Waals surface area (Å²) in [6.07, 6.45) is 3.10. The lowest BCUT2D eigenvalue weighted by Gasteiger charge is -2.08. The molecular weight excluding hydrogens is 392 g/mol. The largest absolute Gasteiger partial charge is 0.479 e. The van der Waals surface area contributed by atoms with E-state index < -0.39 is 0 Å². The zero-order valence-electron chi connectivity index (χ0n) is 16.5. The Kier molecular flexibility index (Phi) is 7.39. The Balaban J connectivity index is 1.48. The van der Waals surface area contributed by atoms with Gasteiger partial charge in [-0.25, -0.2) is 4.79 Å². The van der Waals surface area contributed by atoms with E-state index in [9.17, 15) is 9.59 Å². The standard InChI is InChI=1S/C24H20N4O3/c25-16-17-31-22-13-6-18(7-14-22)8-15-23(29)26-20-9-11-21(12-10-20)28-24(30)27-19-4-2-1-3-5-19/h1-15H,17H2,(H,26,29)(H2,27,28,30)/b15-8+. The molecule has 0 unspecified atom stereocenters. The predicted octanol–water partition coefficient (Wildman–Crippen LogP) is 4.88. The van der Waals surface area contributed by atoms with Crippen LogP contribution in [0.1, 0.15) is 5.56 Å². The monoisotopic (exact) mass is 412 g/mol. The van der Waals surface area contributed by atoms with Crippen LogP contribution in [0.2, 0.25) is 0 Å². The van der Waals surface area contributed by atoms with Crippen molar-refractivity contribution in [1.82, 2.24) is 0 Å².